The molecule has 0 unspecified atom stereocenters. The minimum atomic E-state index is -0.156. The van der Waals surface area contributed by atoms with E-state index in [4.69, 9.17) is 5.26 Å². The molecule has 2 heterocycles. The summed E-state index contributed by atoms with van der Waals surface area (Å²) in [6, 6.07) is 16.5. The molecule has 0 saturated carbocycles. The van der Waals surface area contributed by atoms with Crippen molar-refractivity contribution >= 4 is 33.6 Å². The van der Waals surface area contributed by atoms with E-state index in [1.807, 2.05) is 11.4 Å². The van der Waals surface area contributed by atoms with Crippen LogP contribution in [0.1, 0.15) is 53.8 Å². The second-order valence-corrected chi connectivity index (χ2v) is 8.52. The standard InChI is InChI=1S/C22H23N3OS2/c1-3-15(2)16-6-8-17(9-7-16)21(19-5-4-11-27-19)24-14-20(26)25-22-18(13-23)10-12-28-22/h4-12,15,21,24H,3,14H2,1-2H3,(H,25,26)/t15-,21-/m0/s1. The fraction of sp³-hybridized carbons (Fsp3) is 0.273. The van der Waals surface area contributed by atoms with Gasteiger partial charge in [0.05, 0.1) is 18.2 Å². The summed E-state index contributed by atoms with van der Waals surface area (Å²) in [5.74, 6) is 0.379. The van der Waals surface area contributed by atoms with Gasteiger partial charge in [0.1, 0.15) is 11.1 Å². The molecule has 3 rings (SSSR count). The number of hydrogen-bond donors (Lipinski definition) is 2. The Morgan fingerprint density at radius 2 is 1.86 bits per heavy atom. The first kappa shape index (κ1) is 20.3. The summed E-state index contributed by atoms with van der Waals surface area (Å²) >= 11 is 3.03. The fourth-order valence-electron chi connectivity index (χ4n) is 2.95. The van der Waals surface area contributed by atoms with E-state index in [1.54, 1.807) is 22.8 Å². The monoisotopic (exact) mass is 409 g/mol. The van der Waals surface area contributed by atoms with E-state index in [1.165, 1.54) is 16.9 Å². The summed E-state index contributed by atoms with van der Waals surface area (Å²) in [7, 11) is 0. The zero-order valence-electron chi connectivity index (χ0n) is 15.9. The van der Waals surface area contributed by atoms with Gasteiger partial charge in [-0.25, -0.2) is 0 Å². The molecule has 2 aromatic heterocycles. The lowest BCUT2D eigenvalue weighted by Gasteiger charge is -2.19. The van der Waals surface area contributed by atoms with Gasteiger partial charge >= 0.3 is 0 Å². The Labute approximate surface area is 173 Å². The van der Waals surface area contributed by atoms with Crippen LogP contribution in [0.5, 0.6) is 0 Å². The molecule has 0 saturated heterocycles. The van der Waals surface area contributed by atoms with Gasteiger partial charge in [0.25, 0.3) is 0 Å². The third-order valence-corrected chi connectivity index (χ3v) is 6.55. The van der Waals surface area contributed by atoms with Gasteiger partial charge in [-0.3, -0.25) is 10.1 Å². The number of amides is 1. The first-order chi connectivity index (χ1) is 13.6. The number of carbonyl (C=O) groups is 1. The minimum absolute atomic E-state index is 0.0458. The molecule has 6 heteroatoms. The van der Waals surface area contributed by atoms with Crippen molar-refractivity contribution in [3.8, 4) is 6.07 Å². The number of nitrogens with zero attached hydrogens (tertiary/aromatic N) is 1. The van der Waals surface area contributed by atoms with E-state index in [9.17, 15) is 4.79 Å². The molecule has 1 amide bonds. The molecule has 0 aliphatic rings. The van der Waals surface area contributed by atoms with Gasteiger partial charge in [0.2, 0.25) is 5.91 Å². The van der Waals surface area contributed by atoms with Gasteiger partial charge in [-0.05, 0) is 46.4 Å². The third-order valence-electron chi connectivity index (χ3n) is 4.78. The summed E-state index contributed by atoms with van der Waals surface area (Å²) in [5, 5.41) is 19.7. The highest BCUT2D eigenvalue weighted by molar-refractivity contribution is 7.14. The van der Waals surface area contributed by atoms with E-state index in [2.05, 4.69) is 60.9 Å². The summed E-state index contributed by atoms with van der Waals surface area (Å²) in [6.07, 6.45) is 1.11. The Kier molecular flexibility index (Phi) is 6.99. The number of rotatable bonds is 8. The Hall–Kier alpha value is -2.46. The van der Waals surface area contributed by atoms with Crippen LogP contribution < -0.4 is 10.6 Å². The molecule has 0 fully saturated rings. The highest BCUT2D eigenvalue weighted by Gasteiger charge is 2.17. The average Bonchev–Trinajstić information content (AvgIpc) is 3.40. The van der Waals surface area contributed by atoms with Crippen molar-refractivity contribution in [3.63, 3.8) is 0 Å². The largest absolute Gasteiger partial charge is 0.315 e. The molecule has 0 spiro atoms. The number of benzene rings is 1. The highest BCUT2D eigenvalue weighted by atomic mass is 32.1. The molecule has 144 valence electrons. The predicted molar refractivity (Wildman–Crippen MR) is 117 cm³/mol. The van der Waals surface area contributed by atoms with Crippen molar-refractivity contribution in [1.82, 2.24) is 5.32 Å². The van der Waals surface area contributed by atoms with Crippen molar-refractivity contribution in [1.29, 1.82) is 5.26 Å². The quantitative estimate of drug-likeness (QED) is 0.515. The van der Waals surface area contributed by atoms with Crippen LogP contribution in [-0.4, -0.2) is 12.5 Å². The maximum absolute atomic E-state index is 12.4. The predicted octanol–water partition coefficient (Wildman–Crippen LogP) is 5.51. The Bertz CT molecular complexity index is 939. The van der Waals surface area contributed by atoms with Gasteiger partial charge in [-0.2, -0.15) is 5.26 Å². The van der Waals surface area contributed by atoms with Gasteiger partial charge in [-0.15, -0.1) is 22.7 Å². The number of hydrogen-bond acceptors (Lipinski definition) is 5. The lowest BCUT2D eigenvalue weighted by molar-refractivity contribution is -0.115. The molecule has 0 radical (unpaired) electrons. The van der Waals surface area contributed by atoms with Crippen molar-refractivity contribution in [2.45, 2.75) is 32.2 Å². The van der Waals surface area contributed by atoms with Crippen LogP contribution in [0.15, 0.2) is 53.2 Å². The number of thiophene rings is 2. The normalized spacial score (nSPS) is 12.9. The molecule has 3 aromatic rings. The summed E-state index contributed by atoms with van der Waals surface area (Å²) in [5.41, 5.74) is 2.96. The maximum Gasteiger partial charge on any atom is 0.238 e. The van der Waals surface area contributed by atoms with Crippen LogP contribution in [0.3, 0.4) is 0 Å². The first-order valence-corrected chi connectivity index (χ1v) is 11.0. The SMILES string of the molecule is CC[C@H](C)c1ccc([C@H](NCC(=O)Nc2sccc2C#N)c2cccs2)cc1. The Balaban J connectivity index is 1.71. The van der Waals surface area contributed by atoms with Crippen LogP contribution in [0.4, 0.5) is 5.00 Å². The summed E-state index contributed by atoms with van der Waals surface area (Å²) in [4.78, 5) is 13.6. The van der Waals surface area contributed by atoms with Crippen LogP contribution >= 0.6 is 22.7 Å². The molecule has 28 heavy (non-hydrogen) atoms. The van der Waals surface area contributed by atoms with Crippen LogP contribution in [0.25, 0.3) is 0 Å². The molecule has 2 N–H and O–H groups in total. The van der Waals surface area contributed by atoms with Crippen molar-refractivity contribution in [3.05, 3.63) is 74.8 Å². The molecular formula is C22H23N3OS2. The molecule has 4 nitrogen and oxygen atoms in total. The van der Waals surface area contributed by atoms with E-state index in [-0.39, 0.29) is 18.5 Å². The van der Waals surface area contributed by atoms with Crippen LogP contribution in [-0.2, 0) is 4.79 Å². The summed E-state index contributed by atoms with van der Waals surface area (Å²) < 4.78 is 0. The van der Waals surface area contributed by atoms with Crippen LogP contribution in [0, 0.1) is 11.3 Å². The Morgan fingerprint density at radius 3 is 2.50 bits per heavy atom. The van der Waals surface area contributed by atoms with Crippen molar-refractivity contribution in [2.24, 2.45) is 0 Å². The summed E-state index contributed by atoms with van der Waals surface area (Å²) in [6.45, 7) is 4.59. The van der Waals surface area contributed by atoms with Crippen LogP contribution in [0.2, 0.25) is 0 Å². The lowest BCUT2D eigenvalue weighted by Crippen LogP contribution is -2.31. The third kappa shape index (κ3) is 4.87. The van der Waals surface area contributed by atoms with Crippen molar-refractivity contribution < 1.29 is 4.79 Å². The topological polar surface area (TPSA) is 64.9 Å². The number of nitrogens with one attached hydrogen (secondary N) is 2. The number of nitriles is 1. The molecule has 0 bridgehead atoms. The van der Waals surface area contributed by atoms with Gasteiger partial charge in [0.15, 0.2) is 0 Å². The minimum Gasteiger partial charge on any atom is -0.315 e. The smallest absolute Gasteiger partial charge is 0.238 e. The van der Waals surface area contributed by atoms with Crippen molar-refractivity contribution in [2.75, 3.05) is 11.9 Å². The number of anilines is 1. The fourth-order valence-corrected chi connectivity index (χ4v) is 4.53. The zero-order valence-corrected chi connectivity index (χ0v) is 17.6. The maximum atomic E-state index is 12.4. The average molecular weight is 410 g/mol. The zero-order chi connectivity index (χ0) is 19.9. The lowest BCUT2D eigenvalue weighted by atomic mass is 9.95. The first-order valence-electron chi connectivity index (χ1n) is 9.26. The second-order valence-electron chi connectivity index (χ2n) is 6.63. The van der Waals surface area contributed by atoms with Gasteiger partial charge in [-0.1, -0.05) is 44.2 Å². The number of carbonyl (C=O) groups excluding carboxylic acids is 1. The van der Waals surface area contributed by atoms with E-state index in [0.29, 0.717) is 16.5 Å². The highest BCUT2D eigenvalue weighted by Crippen LogP contribution is 2.28. The van der Waals surface area contributed by atoms with E-state index < -0.39 is 0 Å². The van der Waals surface area contributed by atoms with E-state index >= 15 is 0 Å². The van der Waals surface area contributed by atoms with Gasteiger partial charge in [0, 0.05) is 4.88 Å². The van der Waals surface area contributed by atoms with E-state index in [0.717, 1.165) is 16.9 Å². The molecular weight excluding hydrogens is 386 g/mol. The molecule has 0 aliphatic carbocycles. The molecule has 0 aliphatic heterocycles. The van der Waals surface area contributed by atoms with Gasteiger partial charge < -0.3 is 5.32 Å². The second kappa shape index (κ2) is 9.65. The molecule has 1 aromatic carbocycles. The molecule has 2 atom stereocenters. The Morgan fingerprint density at radius 1 is 1.11 bits per heavy atom.